The van der Waals surface area contributed by atoms with Crippen LogP contribution in [0.25, 0.3) is 0 Å². The van der Waals surface area contributed by atoms with Gasteiger partial charge in [-0.25, -0.2) is 4.98 Å². The Morgan fingerprint density at radius 1 is 1.26 bits per heavy atom. The number of hydrogen-bond acceptors (Lipinski definition) is 3. The van der Waals surface area contributed by atoms with Crippen LogP contribution in [0.5, 0.6) is 0 Å². The normalized spacial score (nSPS) is 20.4. The summed E-state index contributed by atoms with van der Waals surface area (Å²) in [6.45, 7) is 9.39. The van der Waals surface area contributed by atoms with Gasteiger partial charge in [-0.05, 0) is 45.3 Å². The van der Waals surface area contributed by atoms with E-state index >= 15 is 0 Å². The number of hydrogen-bond donors (Lipinski definition) is 1. The molecule has 1 aliphatic heterocycles. The summed E-state index contributed by atoms with van der Waals surface area (Å²) in [7, 11) is 2.05. The highest BCUT2D eigenvalue weighted by Crippen LogP contribution is 2.12. The first kappa shape index (κ1) is 14.5. The van der Waals surface area contributed by atoms with Crippen molar-refractivity contribution in [2.24, 2.45) is 13.0 Å². The summed E-state index contributed by atoms with van der Waals surface area (Å²) in [6, 6.07) is 0.323. The maximum atomic E-state index is 4.40. The van der Waals surface area contributed by atoms with Crippen LogP contribution in [-0.2, 0) is 7.05 Å². The Balaban J connectivity index is 1.71. The minimum absolute atomic E-state index is 0.323. The molecule has 0 aromatic carbocycles. The van der Waals surface area contributed by atoms with Crippen molar-refractivity contribution in [3.63, 3.8) is 0 Å². The van der Waals surface area contributed by atoms with Crippen molar-refractivity contribution in [3.05, 3.63) is 18.2 Å². The molecule has 2 atom stereocenters. The van der Waals surface area contributed by atoms with Crippen molar-refractivity contribution in [1.82, 2.24) is 19.8 Å². The number of likely N-dealkylation sites (tertiary alicyclic amines) is 1. The Morgan fingerprint density at radius 3 is 2.63 bits per heavy atom. The molecule has 1 saturated heterocycles. The summed E-state index contributed by atoms with van der Waals surface area (Å²) in [5.41, 5.74) is 0. The van der Waals surface area contributed by atoms with Crippen LogP contribution < -0.4 is 5.32 Å². The second-order valence-electron chi connectivity index (χ2n) is 5.99. The van der Waals surface area contributed by atoms with Crippen molar-refractivity contribution in [2.75, 3.05) is 26.2 Å². The lowest BCUT2D eigenvalue weighted by Gasteiger charge is -2.29. The van der Waals surface area contributed by atoms with Gasteiger partial charge in [-0.3, -0.25) is 0 Å². The Bertz CT molecular complexity index is 368. The molecule has 4 heteroatoms. The molecule has 1 fully saturated rings. The van der Waals surface area contributed by atoms with E-state index in [1.807, 2.05) is 12.4 Å². The SMILES string of the molecule is CC(CNC(C)c1nccn1C)CN1CCCCC1. The highest BCUT2D eigenvalue weighted by molar-refractivity contribution is 4.96. The molecule has 2 rings (SSSR count). The molecule has 1 aromatic heterocycles. The predicted molar refractivity (Wildman–Crippen MR) is 79.1 cm³/mol. The maximum Gasteiger partial charge on any atom is 0.125 e. The summed E-state index contributed by atoms with van der Waals surface area (Å²) in [5, 5.41) is 3.61. The maximum absolute atomic E-state index is 4.40. The van der Waals surface area contributed by atoms with Gasteiger partial charge < -0.3 is 14.8 Å². The number of imidazole rings is 1. The van der Waals surface area contributed by atoms with E-state index in [0.29, 0.717) is 12.0 Å². The Labute approximate surface area is 117 Å². The van der Waals surface area contributed by atoms with Gasteiger partial charge >= 0.3 is 0 Å². The first-order valence-electron chi connectivity index (χ1n) is 7.59. The van der Waals surface area contributed by atoms with Crippen LogP contribution >= 0.6 is 0 Å². The molecule has 0 aliphatic carbocycles. The van der Waals surface area contributed by atoms with E-state index in [0.717, 1.165) is 12.4 Å². The summed E-state index contributed by atoms with van der Waals surface area (Å²) in [5.74, 6) is 1.81. The molecular formula is C15H28N4. The van der Waals surface area contributed by atoms with E-state index < -0.39 is 0 Å². The van der Waals surface area contributed by atoms with Crippen LogP contribution in [0, 0.1) is 5.92 Å². The van der Waals surface area contributed by atoms with E-state index in [-0.39, 0.29) is 0 Å². The largest absolute Gasteiger partial charge is 0.337 e. The van der Waals surface area contributed by atoms with E-state index in [9.17, 15) is 0 Å². The van der Waals surface area contributed by atoms with Gasteiger partial charge in [-0.1, -0.05) is 13.3 Å². The van der Waals surface area contributed by atoms with Crippen LogP contribution in [0.3, 0.4) is 0 Å². The summed E-state index contributed by atoms with van der Waals surface area (Å²) in [6.07, 6.45) is 8.04. The molecule has 0 radical (unpaired) electrons. The molecule has 0 amide bonds. The molecular weight excluding hydrogens is 236 g/mol. The molecule has 108 valence electrons. The molecule has 0 spiro atoms. The second kappa shape index (κ2) is 7.06. The number of aryl methyl sites for hydroxylation is 1. The van der Waals surface area contributed by atoms with E-state index in [1.165, 1.54) is 38.9 Å². The van der Waals surface area contributed by atoms with Gasteiger partial charge in [0.05, 0.1) is 6.04 Å². The van der Waals surface area contributed by atoms with Crippen molar-refractivity contribution in [2.45, 2.75) is 39.2 Å². The lowest BCUT2D eigenvalue weighted by atomic mass is 10.1. The quantitative estimate of drug-likeness (QED) is 0.855. The van der Waals surface area contributed by atoms with Gasteiger partial charge in [0.25, 0.3) is 0 Å². The average molecular weight is 264 g/mol. The van der Waals surface area contributed by atoms with Gasteiger partial charge in [0.15, 0.2) is 0 Å². The second-order valence-corrected chi connectivity index (χ2v) is 5.99. The molecule has 19 heavy (non-hydrogen) atoms. The lowest BCUT2D eigenvalue weighted by Crippen LogP contribution is -2.37. The van der Waals surface area contributed by atoms with Gasteiger partial charge in [0.2, 0.25) is 0 Å². The summed E-state index contributed by atoms with van der Waals surface area (Å²) < 4.78 is 2.09. The van der Waals surface area contributed by atoms with Gasteiger partial charge in [0.1, 0.15) is 5.82 Å². The highest BCUT2D eigenvalue weighted by Gasteiger charge is 2.15. The molecule has 0 saturated carbocycles. The highest BCUT2D eigenvalue weighted by atomic mass is 15.1. The van der Waals surface area contributed by atoms with Crippen molar-refractivity contribution >= 4 is 0 Å². The Kier molecular flexibility index (Phi) is 5.40. The van der Waals surface area contributed by atoms with Crippen molar-refractivity contribution in [1.29, 1.82) is 0 Å². The van der Waals surface area contributed by atoms with Crippen LogP contribution in [0.1, 0.15) is 45.0 Å². The third-order valence-electron chi connectivity index (χ3n) is 4.04. The standard InChI is InChI=1S/C15H28N4/c1-13(12-19-8-5-4-6-9-19)11-17-14(2)15-16-7-10-18(15)3/h7,10,13-14,17H,4-6,8-9,11-12H2,1-3H3. The van der Waals surface area contributed by atoms with E-state index in [2.05, 4.69) is 40.7 Å². The number of aromatic nitrogens is 2. The topological polar surface area (TPSA) is 33.1 Å². The van der Waals surface area contributed by atoms with E-state index in [4.69, 9.17) is 0 Å². The fraction of sp³-hybridized carbons (Fsp3) is 0.800. The zero-order valence-corrected chi connectivity index (χ0v) is 12.6. The number of nitrogens with zero attached hydrogens (tertiary/aromatic N) is 3. The third-order valence-corrected chi connectivity index (χ3v) is 4.04. The minimum Gasteiger partial charge on any atom is -0.337 e. The lowest BCUT2D eigenvalue weighted by molar-refractivity contribution is 0.197. The van der Waals surface area contributed by atoms with Crippen LogP contribution in [0.15, 0.2) is 12.4 Å². The molecule has 2 unspecified atom stereocenters. The molecule has 1 aromatic rings. The Morgan fingerprint density at radius 2 is 2.00 bits per heavy atom. The summed E-state index contributed by atoms with van der Waals surface area (Å²) >= 11 is 0. The van der Waals surface area contributed by atoms with Gasteiger partial charge in [-0.2, -0.15) is 0 Å². The first-order chi connectivity index (χ1) is 9.16. The van der Waals surface area contributed by atoms with E-state index in [1.54, 1.807) is 0 Å². The first-order valence-corrected chi connectivity index (χ1v) is 7.59. The number of nitrogens with one attached hydrogen (secondary N) is 1. The zero-order valence-electron chi connectivity index (χ0n) is 12.6. The number of piperidine rings is 1. The molecule has 1 N–H and O–H groups in total. The van der Waals surface area contributed by atoms with Crippen LogP contribution in [0.4, 0.5) is 0 Å². The molecule has 0 bridgehead atoms. The number of rotatable bonds is 6. The monoisotopic (exact) mass is 264 g/mol. The summed E-state index contributed by atoms with van der Waals surface area (Å²) in [4.78, 5) is 7.01. The third kappa shape index (κ3) is 4.32. The smallest absolute Gasteiger partial charge is 0.125 e. The van der Waals surface area contributed by atoms with Gasteiger partial charge in [0, 0.05) is 26.0 Å². The minimum atomic E-state index is 0.323. The van der Waals surface area contributed by atoms with Gasteiger partial charge in [-0.15, -0.1) is 0 Å². The fourth-order valence-corrected chi connectivity index (χ4v) is 2.91. The van der Waals surface area contributed by atoms with Crippen LogP contribution in [0.2, 0.25) is 0 Å². The van der Waals surface area contributed by atoms with Crippen molar-refractivity contribution in [3.8, 4) is 0 Å². The molecule has 1 aliphatic rings. The zero-order chi connectivity index (χ0) is 13.7. The van der Waals surface area contributed by atoms with Crippen molar-refractivity contribution < 1.29 is 0 Å². The van der Waals surface area contributed by atoms with Crippen LogP contribution in [-0.4, -0.2) is 40.6 Å². The Hall–Kier alpha value is -0.870. The average Bonchev–Trinajstić information content (AvgIpc) is 2.83. The predicted octanol–water partition coefficient (Wildman–Crippen LogP) is 2.19. The fourth-order valence-electron chi connectivity index (χ4n) is 2.91. The molecule has 4 nitrogen and oxygen atoms in total. The molecule has 2 heterocycles.